The van der Waals surface area contributed by atoms with Crippen LogP contribution in [0, 0.1) is 0 Å². The molecule has 7 nitrogen and oxygen atoms in total. The van der Waals surface area contributed by atoms with E-state index in [0.717, 1.165) is 17.7 Å². The van der Waals surface area contributed by atoms with E-state index in [1.54, 1.807) is 28.6 Å². The molecule has 0 unspecified atom stereocenters. The van der Waals surface area contributed by atoms with Crippen molar-refractivity contribution in [2.24, 2.45) is 0 Å². The first-order chi connectivity index (χ1) is 14.5. The van der Waals surface area contributed by atoms with Gasteiger partial charge in [0.25, 0.3) is 0 Å². The van der Waals surface area contributed by atoms with Gasteiger partial charge in [-0.2, -0.15) is 4.31 Å². The Morgan fingerprint density at radius 2 is 1.63 bits per heavy atom. The molecule has 4 rings (SSSR count). The minimum absolute atomic E-state index is 0.00554. The van der Waals surface area contributed by atoms with E-state index in [2.05, 4.69) is 15.1 Å². The quantitative estimate of drug-likeness (QED) is 0.555. The molecule has 2 aromatic carbocycles. The van der Waals surface area contributed by atoms with Gasteiger partial charge in [0.05, 0.1) is 5.75 Å². The molecule has 0 saturated carbocycles. The van der Waals surface area contributed by atoms with E-state index in [-0.39, 0.29) is 5.75 Å². The zero-order valence-electron chi connectivity index (χ0n) is 16.4. The van der Waals surface area contributed by atoms with E-state index in [9.17, 15) is 8.42 Å². The van der Waals surface area contributed by atoms with Crippen LogP contribution in [0.15, 0.2) is 59.0 Å². The van der Waals surface area contributed by atoms with Crippen LogP contribution >= 0.6 is 11.6 Å². The second-order valence-corrected chi connectivity index (χ2v) is 9.65. The number of hydrogen-bond acceptors (Lipinski definition) is 6. The predicted molar refractivity (Wildman–Crippen MR) is 116 cm³/mol. The molecule has 30 heavy (non-hydrogen) atoms. The van der Waals surface area contributed by atoms with Gasteiger partial charge in [0, 0.05) is 49.7 Å². The first-order valence-corrected chi connectivity index (χ1v) is 11.8. The van der Waals surface area contributed by atoms with Gasteiger partial charge in [-0.1, -0.05) is 41.9 Å². The van der Waals surface area contributed by atoms with E-state index in [4.69, 9.17) is 16.0 Å². The molecule has 0 spiro atoms. The highest BCUT2D eigenvalue weighted by atomic mass is 35.5. The molecule has 2 heterocycles. The lowest BCUT2D eigenvalue weighted by Gasteiger charge is -2.33. The fraction of sp³-hybridized carbons (Fsp3) is 0.333. The van der Waals surface area contributed by atoms with Gasteiger partial charge in [0.1, 0.15) is 0 Å². The number of benzene rings is 2. The maximum atomic E-state index is 12.7. The lowest BCUT2D eigenvalue weighted by atomic mass is 10.2. The average Bonchev–Trinajstić information content (AvgIpc) is 3.24. The van der Waals surface area contributed by atoms with Crippen molar-refractivity contribution in [1.82, 2.24) is 19.4 Å². The number of piperazine rings is 1. The highest BCUT2D eigenvalue weighted by Crippen LogP contribution is 2.18. The van der Waals surface area contributed by atoms with E-state index in [1.165, 1.54) is 0 Å². The van der Waals surface area contributed by atoms with Crippen LogP contribution in [0.5, 0.6) is 0 Å². The summed E-state index contributed by atoms with van der Waals surface area (Å²) in [6, 6.07) is 16.6. The van der Waals surface area contributed by atoms with Crippen molar-refractivity contribution in [2.45, 2.75) is 12.2 Å². The van der Waals surface area contributed by atoms with Crippen molar-refractivity contribution in [3.8, 4) is 11.5 Å². The van der Waals surface area contributed by atoms with Crippen LogP contribution in [0.2, 0.25) is 5.02 Å². The van der Waals surface area contributed by atoms with Crippen molar-refractivity contribution in [3.63, 3.8) is 0 Å². The third kappa shape index (κ3) is 5.26. The molecule has 1 aliphatic rings. The predicted octanol–water partition coefficient (Wildman–Crippen LogP) is 3.08. The molecule has 0 atom stereocenters. The van der Waals surface area contributed by atoms with Crippen LogP contribution in [-0.4, -0.2) is 60.5 Å². The minimum atomic E-state index is -3.34. The molecule has 1 saturated heterocycles. The molecule has 158 valence electrons. The van der Waals surface area contributed by atoms with Crippen LogP contribution in [0.25, 0.3) is 11.5 Å². The van der Waals surface area contributed by atoms with Crippen LogP contribution in [-0.2, 0) is 22.2 Å². The Morgan fingerprint density at radius 1 is 0.933 bits per heavy atom. The van der Waals surface area contributed by atoms with Crippen LogP contribution in [0.4, 0.5) is 0 Å². The SMILES string of the molecule is O=S(=O)(Cc1ccc(Cl)cc1)N1CCN(CCc2nnc(-c3ccccc3)o2)CC1. The standard InChI is InChI=1S/C21H23ClN4O3S/c22-19-8-6-17(7-9-19)16-30(27,28)26-14-12-25(13-15-26)11-10-20-23-24-21(29-20)18-4-2-1-3-5-18/h1-9H,10-16H2. The Kier molecular flexibility index (Phi) is 6.48. The zero-order valence-corrected chi connectivity index (χ0v) is 18.0. The second kappa shape index (κ2) is 9.26. The Balaban J connectivity index is 1.26. The maximum Gasteiger partial charge on any atom is 0.247 e. The Morgan fingerprint density at radius 3 is 2.33 bits per heavy atom. The van der Waals surface area contributed by atoms with E-state index >= 15 is 0 Å². The van der Waals surface area contributed by atoms with Crippen molar-refractivity contribution < 1.29 is 12.8 Å². The summed E-state index contributed by atoms with van der Waals surface area (Å²) < 4.78 is 32.7. The maximum absolute atomic E-state index is 12.7. The number of sulfonamides is 1. The molecule has 9 heteroatoms. The Bertz CT molecular complexity index is 1060. The molecule has 0 radical (unpaired) electrons. The molecule has 1 fully saturated rings. The Labute approximate surface area is 181 Å². The van der Waals surface area contributed by atoms with Crippen molar-refractivity contribution >= 4 is 21.6 Å². The molecule has 3 aromatic rings. The van der Waals surface area contributed by atoms with Crippen molar-refractivity contribution in [3.05, 3.63) is 71.1 Å². The van der Waals surface area contributed by atoms with Crippen molar-refractivity contribution in [2.75, 3.05) is 32.7 Å². The summed E-state index contributed by atoms with van der Waals surface area (Å²) in [6.07, 6.45) is 0.636. The number of rotatable bonds is 7. The monoisotopic (exact) mass is 446 g/mol. The normalized spacial score (nSPS) is 16.0. The smallest absolute Gasteiger partial charge is 0.247 e. The highest BCUT2D eigenvalue weighted by Gasteiger charge is 2.27. The van der Waals surface area contributed by atoms with Crippen LogP contribution in [0.3, 0.4) is 0 Å². The van der Waals surface area contributed by atoms with Crippen LogP contribution in [0.1, 0.15) is 11.5 Å². The van der Waals surface area contributed by atoms with Gasteiger partial charge in [0.2, 0.25) is 21.8 Å². The van der Waals surface area contributed by atoms with Gasteiger partial charge in [-0.25, -0.2) is 8.42 Å². The average molecular weight is 447 g/mol. The number of aromatic nitrogens is 2. The topological polar surface area (TPSA) is 79.5 Å². The fourth-order valence-corrected chi connectivity index (χ4v) is 5.06. The number of halogens is 1. The molecule has 0 aliphatic carbocycles. The summed E-state index contributed by atoms with van der Waals surface area (Å²) in [6.45, 7) is 3.07. The molecule has 0 amide bonds. The molecular formula is C21H23ClN4O3S. The largest absolute Gasteiger partial charge is 0.421 e. The molecule has 0 N–H and O–H groups in total. The van der Waals surface area contributed by atoms with Gasteiger partial charge in [0.15, 0.2) is 0 Å². The van der Waals surface area contributed by atoms with Crippen molar-refractivity contribution in [1.29, 1.82) is 0 Å². The third-order valence-electron chi connectivity index (χ3n) is 5.12. The molecule has 0 bridgehead atoms. The number of hydrogen-bond donors (Lipinski definition) is 0. The third-order valence-corrected chi connectivity index (χ3v) is 7.22. The summed E-state index contributed by atoms with van der Waals surface area (Å²) in [4.78, 5) is 2.22. The van der Waals surface area contributed by atoms with Gasteiger partial charge in [-0.15, -0.1) is 10.2 Å². The lowest BCUT2D eigenvalue weighted by molar-refractivity contribution is 0.187. The summed E-state index contributed by atoms with van der Waals surface area (Å²) in [5.41, 5.74) is 1.64. The summed E-state index contributed by atoms with van der Waals surface area (Å²) >= 11 is 5.87. The number of nitrogens with zero attached hydrogens (tertiary/aromatic N) is 4. The molecular weight excluding hydrogens is 424 g/mol. The van der Waals surface area contributed by atoms with Gasteiger partial charge in [-0.05, 0) is 29.8 Å². The van der Waals surface area contributed by atoms with Crippen LogP contribution < -0.4 is 0 Å². The molecule has 1 aliphatic heterocycles. The lowest BCUT2D eigenvalue weighted by Crippen LogP contribution is -2.49. The van der Waals surface area contributed by atoms with Gasteiger partial charge >= 0.3 is 0 Å². The summed E-state index contributed by atoms with van der Waals surface area (Å²) in [7, 11) is -3.34. The fourth-order valence-electron chi connectivity index (χ4n) is 3.42. The van der Waals surface area contributed by atoms with E-state index in [0.29, 0.717) is 49.4 Å². The van der Waals surface area contributed by atoms with E-state index in [1.807, 2.05) is 30.3 Å². The highest BCUT2D eigenvalue weighted by molar-refractivity contribution is 7.88. The first kappa shape index (κ1) is 21.0. The summed E-state index contributed by atoms with van der Waals surface area (Å²) in [5.74, 6) is 1.10. The Hall–Kier alpha value is -2.26. The van der Waals surface area contributed by atoms with Gasteiger partial charge < -0.3 is 9.32 Å². The first-order valence-electron chi connectivity index (χ1n) is 9.82. The summed E-state index contributed by atoms with van der Waals surface area (Å²) in [5, 5.41) is 8.83. The van der Waals surface area contributed by atoms with Gasteiger partial charge in [-0.3, -0.25) is 0 Å². The second-order valence-electron chi connectivity index (χ2n) is 7.24. The molecule has 1 aromatic heterocycles. The minimum Gasteiger partial charge on any atom is -0.421 e. The zero-order chi connectivity index (χ0) is 21.0. The van der Waals surface area contributed by atoms with E-state index < -0.39 is 10.0 Å².